The Morgan fingerprint density at radius 1 is 1.04 bits per heavy atom. The maximum atomic E-state index is 12.0. The summed E-state index contributed by atoms with van der Waals surface area (Å²) in [5.41, 5.74) is 1.38. The molecule has 9 nitrogen and oxygen atoms in total. The second kappa shape index (κ2) is 8.56. The zero-order chi connectivity index (χ0) is 19.1. The monoisotopic (exact) mass is 358 g/mol. The number of anilines is 1. The van der Waals surface area contributed by atoms with Gasteiger partial charge in [0.15, 0.2) is 0 Å². The molecule has 0 aliphatic carbocycles. The summed E-state index contributed by atoms with van der Waals surface area (Å²) in [5.74, 6) is -1.09. The van der Waals surface area contributed by atoms with Gasteiger partial charge in [0.1, 0.15) is 11.4 Å². The first-order valence-corrected chi connectivity index (χ1v) is 7.68. The third kappa shape index (κ3) is 4.32. The lowest BCUT2D eigenvalue weighted by Gasteiger charge is -2.11. The standard InChI is InChI=1S/C17H18N4O5/c1-4-18-17(24)21-14-12(16(23)26-3)7-11(9-20-14)13-6-5-10(8-19-13)15(22)25-2/h5-9H,4H2,1-3H3,(H2,18,20,21,24). The first-order valence-electron chi connectivity index (χ1n) is 7.68. The number of methoxy groups -OCH3 is 2. The van der Waals surface area contributed by atoms with Gasteiger partial charge in [-0.2, -0.15) is 0 Å². The molecule has 2 amide bonds. The highest BCUT2D eigenvalue weighted by Gasteiger charge is 2.17. The van der Waals surface area contributed by atoms with E-state index in [2.05, 4.69) is 25.3 Å². The number of esters is 2. The molecule has 0 bridgehead atoms. The van der Waals surface area contributed by atoms with Crippen LogP contribution in [0, 0.1) is 0 Å². The molecule has 2 aromatic heterocycles. The highest BCUT2D eigenvalue weighted by Crippen LogP contribution is 2.23. The topological polar surface area (TPSA) is 120 Å². The van der Waals surface area contributed by atoms with Crippen molar-refractivity contribution in [1.29, 1.82) is 0 Å². The van der Waals surface area contributed by atoms with E-state index in [4.69, 9.17) is 4.74 Å². The van der Waals surface area contributed by atoms with Crippen molar-refractivity contribution in [1.82, 2.24) is 15.3 Å². The first-order chi connectivity index (χ1) is 12.5. The fraction of sp³-hybridized carbons (Fsp3) is 0.235. The molecule has 0 radical (unpaired) electrons. The van der Waals surface area contributed by atoms with E-state index in [0.29, 0.717) is 23.4 Å². The van der Waals surface area contributed by atoms with Crippen molar-refractivity contribution in [2.45, 2.75) is 6.92 Å². The van der Waals surface area contributed by atoms with E-state index in [1.165, 1.54) is 32.7 Å². The third-order valence-corrected chi connectivity index (χ3v) is 3.34. The van der Waals surface area contributed by atoms with E-state index < -0.39 is 18.0 Å². The van der Waals surface area contributed by atoms with Crippen LogP contribution in [0.15, 0.2) is 30.6 Å². The average Bonchev–Trinajstić information content (AvgIpc) is 2.67. The molecule has 0 aliphatic rings. The molecule has 0 fully saturated rings. The Morgan fingerprint density at radius 3 is 2.35 bits per heavy atom. The van der Waals surface area contributed by atoms with Crippen LogP contribution in [0.4, 0.5) is 10.6 Å². The maximum absolute atomic E-state index is 12.0. The Kier molecular flexibility index (Phi) is 6.20. The molecule has 0 atom stereocenters. The van der Waals surface area contributed by atoms with Crippen molar-refractivity contribution in [2.24, 2.45) is 0 Å². The van der Waals surface area contributed by atoms with E-state index in [0.717, 1.165) is 0 Å². The molecule has 9 heteroatoms. The number of carbonyl (C=O) groups excluding carboxylic acids is 3. The van der Waals surface area contributed by atoms with Crippen LogP contribution in [-0.2, 0) is 9.47 Å². The van der Waals surface area contributed by atoms with E-state index in [-0.39, 0.29) is 11.4 Å². The number of rotatable bonds is 5. The molecule has 0 saturated carbocycles. The fourth-order valence-corrected chi connectivity index (χ4v) is 2.09. The van der Waals surface area contributed by atoms with Crippen molar-refractivity contribution in [3.05, 3.63) is 41.7 Å². The van der Waals surface area contributed by atoms with Crippen molar-refractivity contribution in [3.63, 3.8) is 0 Å². The van der Waals surface area contributed by atoms with E-state index in [9.17, 15) is 14.4 Å². The molecule has 2 rings (SSSR count). The van der Waals surface area contributed by atoms with Gasteiger partial charge in [0.25, 0.3) is 0 Å². The molecule has 2 aromatic rings. The molecule has 2 N–H and O–H groups in total. The predicted octanol–water partition coefficient (Wildman–Crippen LogP) is 1.86. The van der Waals surface area contributed by atoms with Gasteiger partial charge < -0.3 is 14.8 Å². The van der Waals surface area contributed by atoms with Crippen LogP contribution in [0.1, 0.15) is 27.6 Å². The van der Waals surface area contributed by atoms with Crippen LogP contribution in [0.25, 0.3) is 11.3 Å². The Hall–Kier alpha value is -3.49. The zero-order valence-electron chi connectivity index (χ0n) is 14.5. The minimum absolute atomic E-state index is 0.0673. The molecule has 0 unspecified atom stereocenters. The summed E-state index contributed by atoms with van der Waals surface area (Å²) in [7, 11) is 2.51. The van der Waals surface area contributed by atoms with Gasteiger partial charge in [-0.25, -0.2) is 19.4 Å². The van der Waals surface area contributed by atoms with Gasteiger partial charge in [-0.1, -0.05) is 0 Å². The number of ether oxygens (including phenoxy) is 2. The van der Waals surface area contributed by atoms with E-state index in [1.807, 2.05) is 0 Å². The van der Waals surface area contributed by atoms with Gasteiger partial charge in [-0.15, -0.1) is 0 Å². The minimum Gasteiger partial charge on any atom is -0.465 e. The van der Waals surface area contributed by atoms with Crippen molar-refractivity contribution < 1.29 is 23.9 Å². The zero-order valence-corrected chi connectivity index (χ0v) is 14.5. The van der Waals surface area contributed by atoms with Gasteiger partial charge in [-0.05, 0) is 25.1 Å². The van der Waals surface area contributed by atoms with Gasteiger partial charge in [-0.3, -0.25) is 10.3 Å². The van der Waals surface area contributed by atoms with E-state index in [1.54, 1.807) is 19.1 Å². The predicted molar refractivity (Wildman–Crippen MR) is 92.8 cm³/mol. The molecule has 26 heavy (non-hydrogen) atoms. The number of hydrogen-bond donors (Lipinski definition) is 2. The van der Waals surface area contributed by atoms with Gasteiger partial charge in [0.05, 0.1) is 25.5 Å². The minimum atomic E-state index is -0.655. The Morgan fingerprint density at radius 2 is 1.77 bits per heavy atom. The summed E-state index contributed by atoms with van der Waals surface area (Å²) >= 11 is 0. The SMILES string of the molecule is CCNC(=O)Nc1ncc(-c2ccc(C(=O)OC)cn2)cc1C(=O)OC. The number of amides is 2. The van der Waals surface area contributed by atoms with E-state index >= 15 is 0 Å². The number of nitrogens with zero attached hydrogens (tertiary/aromatic N) is 2. The van der Waals surface area contributed by atoms with Crippen molar-refractivity contribution >= 4 is 23.8 Å². The molecule has 2 heterocycles. The average molecular weight is 358 g/mol. The molecule has 136 valence electrons. The number of aromatic nitrogens is 2. The molecule has 0 aliphatic heterocycles. The fourth-order valence-electron chi connectivity index (χ4n) is 2.09. The third-order valence-electron chi connectivity index (χ3n) is 3.34. The molecule has 0 saturated heterocycles. The van der Waals surface area contributed by atoms with Crippen molar-refractivity contribution in [3.8, 4) is 11.3 Å². The molecule has 0 aromatic carbocycles. The van der Waals surface area contributed by atoms with Crippen LogP contribution < -0.4 is 10.6 Å². The Bertz CT molecular complexity index is 820. The van der Waals surface area contributed by atoms with Crippen LogP contribution in [0.2, 0.25) is 0 Å². The number of urea groups is 1. The highest BCUT2D eigenvalue weighted by molar-refractivity contribution is 6.00. The van der Waals surface area contributed by atoms with Crippen LogP contribution >= 0.6 is 0 Å². The van der Waals surface area contributed by atoms with Gasteiger partial charge in [0, 0.05) is 24.5 Å². The Balaban J connectivity index is 2.37. The highest BCUT2D eigenvalue weighted by atomic mass is 16.5. The lowest BCUT2D eigenvalue weighted by molar-refractivity contribution is 0.0592. The summed E-state index contributed by atoms with van der Waals surface area (Å²) < 4.78 is 9.36. The lowest BCUT2D eigenvalue weighted by Crippen LogP contribution is -2.29. The summed E-state index contributed by atoms with van der Waals surface area (Å²) in [5, 5.41) is 5.04. The number of hydrogen-bond acceptors (Lipinski definition) is 7. The number of nitrogens with one attached hydrogen (secondary N) is 2. The number of pyridine rings is 2. The normalized spacial score (nSPS) is 9.96. The lowest BCUT2D eigenvalue weighted by atomic mass is 10.1. The molecular formula is C17H18N4O5. The van der Waals surface area contributed by atoms with Crippen LogP contribution in [0.3, 0.4) is 0 Å². The van der Waals surface area contributed by atoms with Gasteiger partial charge in [0.2, 0.25) is 0 Å². The van der Waals surface area contributed by atoms with Crippen LogP contribution in [-0.4, -0.2) is 48.7 Å². The summed E-state index contributed by atoms with van der Waals surface area (Å²) in [6.07, 6.45) is 2.81. The quantitative estimate of drug-likeness (QED) is 0.783. The largest absolute Gasteiger partial charge is 0.465 e. The second-order valence-electron chi connectivity index (χ2n) is 5.02. The molecular weight excluding hydrogens is 340 g/mol. The molecule has 0 spiro atoms. The Labute approximate surface area is 149 Å². The van der Waals surface area contributed by atoms with Crippen LogP contribution in [0.5, 0.6) is 0 Å². The maximum Gasteiger partial charge on any atom is 0.341 e. The summed E-state index contributed by atoms with van der Waals surface area (Å²) in [6.45, 7) is 2.19. The summed E-state index contributed by atoms with van der Waals surface area (Å²) in [6, 6.07) is 4.16. The first kappa shape index (κ1) is 18.8. The smallest absolute Gasteiger partial charge is 0.341 e. The van der Waals surface area contributed by atoms with Crippen molar-refractivity contribution in [2.75, 3.05) is 26.1 Å². The van der Waals surface area contributed by atoms with Gasteiger partial charge >= 0.3 is 18.0 Å². The summed E-state index contributed by atoms with van der Waals surface area (Å²) in [4.78, 5) is 43.5. The second-order valence-corrected chi connectivity index (χ2v) is 5.02. The number of carbonyl (C=O) groups is 3.